The number of rotatable bonds is 5. The van der Waals surface area contributed by atoms with E-state index in [-0.39, 0.29) is 24.8 Å². The quantitative estimate of drug-likeness (QED) is 0.684. The average molecular weight is 401 g/mol. The summed E-state index contributed by atoms with van der Waals surface area (Å²) < 4.78 is 10.4. The van der Waals surface area contributed by atoms with Crippen molar-refractivity contribution in [3.05, 3.63) is 47.7 Å². The van der Waals surface area contributed by atoms with Crippen LogP contribution in [0, 0.1) is 5.92 Å². The lowest BCUT2D eigenvalue weighted by molar-refractivity contribution is -0.122. The molecular formula is C19H17ClN4O4. The van der Waals surface area contributed by atoms with Crippen molar-refractivity contribution in [1.82, 2.24) is 10.2 Å². The highest BCUT2D eigenvalue weighted by atomic mass is 35.5. The Balaban J connectivity index is 1.43. The van der Waals surface area contributed by atoms with Crippen molar-refractivity contribution in [2.75, 3.05) is 23.9 Å². The van der Waals surface area contributed by atoms with Crippen LogP contribution in [-0.2, 0) is 9.59 Å². The molecule has 1 fully saturated rings. The largest absolute Gasteiger partial charge is 0.495 e. The average Bonchev–Trinajstić information content (AvgIpc) is 3.42. The number of anilines is 2. The van der Waals surface area contributed by atoms with Crippen LogP contribution < -0.4 is 15.0 Å². The highest BCUT2D eigenvalue weighted by Crippen LogP contribution is 2.32. The van der Waals surface area contributed by atoms with Crippen LogP contribution in [-0.4, -0.2) is 35.7 Å². The number of ether oxygens (including phenoxy) is 1. The number of aromatic nitrogens is 2. The molecule has 0 spiro atoms. The number of hydrogen-bond donors (Lipinski definition) is 2. The number of carbonyl (C=O) groups is 2. The summed E-state index contributed by atoms with van der Waals surface area (Å²) in [6.45, 7) is 0.267. The second kappa shape index (κ2) is 7.40. The van der Waals surface area contributed by atoms with Gasteiger partial charge in [0.25, 0.3) is 0 Å². The number of methoxy groups -OCH3 is 1. The first-order chi connectivity index (χ1) is 13.5. The van der Waals surface area contributed by atoms with E-state index < -0.39 is 5.92 Å². The number of amides is 2. The van der Waals surface area contributed by atoms with Crippen LogP contribution in [0.3, 0.4) is 0 Å². The van der Waals surface area contributed by atoms with E-state index >= 15 is 0 Å². The number of hydrogen-bond acceptors (Lipinski definition) is 5. The van der Waals surface area contributed by atoms with Gasteiger partial charge in [-0.15, -0.1) is 0 Å². The first kappa shape index (κ1) is 18.1. The third-order valence-corrected chi connectivity index (χ3v) is 4.85. The maximum atomic E-state index is 12.6. The van der Waals surface area contributed by atoms with Crippen LogP contribution in [0.25, 0.3) is 11.5 Å². The normalized spacial score (nSPS) is 16.4. The summed E-state index contributed by atoms with van der Waals surface area (Å²) in [5.41, 5.74) is 1.28. The summed E-state index contributed by atoms with van der Waals surface area (Å²) in [5, 5.41) is 10.0. The minimum absolute atomic E-state index is 0.116. The Kier molecular flexibility index (Phi) is 4.79. The van der Waals surface area contributed by atoms with Gasteiger partial charge in [-0.2, -0.15) is 5.10 Å². The molecule has 1 aromatic carbocycles. The Morgan fingerprint density at radius 1 is 1.39 bits per heavy atom. The summed E-state index contributed by atoms with van der Waals surface area (Å²) in [5.74, 6) is 0.614. The molecule has 9 heteroatoms. The van der Waals surface area contributed by atoms with Crippen molar-refractivity contribution in [3.63, 3.8) is 0 Å². The van der Waals surface area contributed by atoms with Crippen LogP contribution >= 0.6 is 11.6 Å². The molecule has 2 N–H and O–H groups in total. The van der Waals surface area contributed by atoms with Crippen molar-refractivity contribution in [3.8, 4) is 17.2 Å². The van der Waals surface area contributed by atoms with Gasteiger partial charge in [-0.05, 0) is 30.3 Å². The number of benzene rings is 1. The van der Waals surface area contributed by atoms with Crippen LogP contribution in [0.4, 0.5) is 11.5 Å². The molecule has 1 aliphatic heterocycles. The van der Waals surface area contributed by atoms with Gasteiger partial charge < -0.3 is 19.4 Å². The van der Waals surface area contributed by atoms with Gasteiger partial charge in [0.05, 0.1) is 24.3 Å². The third-order valence-electron chi connectivity index (χ3n) is 4.56. The molecule has 28 heavy (non-hydrogen) atoms. The van der Waals surface area contributed by atoms with Gasteiger partial charge in [-0.25, -0.2) is 0 Å². The molecule has 2 amide bonds. The molecule has 4 rings (SSSR count). The van der Waals surface area contributed by atoms with Crippen molar-refractivity contribution in [1.29, 1.82) is 0 Å². The number of furan rings is 1. The van der Waals surface area contributed by atoms with Crippen LogP contribution in [0.15, 0.2) is 47.1 Å². The van der Waals surface area contributed by atoms with Gasteiger partial charge in [0.1, 0.15) is 11.4 Å². The highest BCUT2D eigenvalue weighted by molar-refractivity contribution is 6.32. The molecule has 0 aliphatic carbocycles. The molecule has 1 atom stereocenters. The first-order valence-electron chi connectivity index (χ1n) is 8.59. The summed E-state index contributed by atoms with van der Waals surface area (Å²) in [4.78, 5) is 26.5. The molecule has 144 valence electrons. The van der Waals surface area contributed by atoms with Gasteiger partial charge in [0, 0.05) is 24.7 Å². The van der Waals surface area contributed by atoms with Crippen LogP contribution in [0.5, 0.6) is 5.75 Å². The molecule has 0 radical (unpaired) electrons. The molecule has 0 saturated carbocycles. The lowest BCUT2D eigenvalue weighted by Gasteiger charge is -2.17. The number of halogens is 1. The van der Waals surface area contributed by atoms with Gasteiger partial charge >= 0.3 is 0 Å². The Morgan fingerprint density at radius 2 is 2.25 bits per heavy atom. The number of nitrogens with zero attached hydrogens (tertiary/aromatic N) is 2. The van der Waals surface area contributed by atoms with E-state index in [0.717, 1.165) is 0 Å². The van der Waals surface area contributed by atoms with E-state index in [0.29, 0.717) is 33.7 Å². The smallest absolute Gasteiger partial charge is 0.231 e. The van der Waals surface area contributed by atoms with Gasteiger partial charge in [-0.3, -0.25) is 14.7 Å². The first-order valence-corrected chi connectivity index (χ1v) is 8.97. The zero-order chi connectivity index (χ0) is 19.7. The predicted octanol–water partition coefficient (Wildman–Crippen LogP) is 3.32. The molecule has 2 aromatic heterocycles. The lowest BCUT2D eigenvalue weighted by atomic mass is 10.1. The Morgan fingerprint density at radius 3 is 2.96 bits per heavy atom. The van der Waals surface area contributed by atoms with Crippen molar-refractivity contribution < 1.29 is 18.7 Å². The lowest BCUT2D eigenvalue weighted by Crippen LogP contribution is -2.28. The van der Waals surface area contributed by atoms with E-state index in [1.54, 1.807) is 47.6 Å². The fraction of sp³-hybridized carbons (Fsp3) is 0.211. The maximum Gasteiger partial charge on any atom is 0.231 e. The molecule has 1 unspecified atom stereocenters. The SMILES string of the molecule is COc1ccc(N2CC(C(=O)Nc3cc(-c4ccco4)[nH]n3)CC2=O)cc1Cl. The summed E-state index contributed by atoms with van der Waals surface area (Å²) >= 11 is 6.14. The zero-order valence-electron chi connectivity index (χ0n) is 14.9. The standard InChI is InChI=1S/C19H17ClN4O4/c1-27-15-5-4-12(8-13(15)20)24-10-11(7-18(24)25)19(26)21-17-9-14(22-23-17)16-3-2-6-28-16/h2-6,8-9,11H,7,10H2,1H3,(H2,21,22,23,26). The van der Waals surface area contributed by atoms with Crippen LogP contribution in [0.2, 0.25) is 5.02 Å². The molecule has 3 aromatic rings. The summed E-state index contributed by atoms with van der Waals surface area (Å²) in [6, 6.07) is 10.3. The molecule has 0 bridgehead atoms. The van der Waals surface area contributed by atoms with E-state index in [1.807, 2.05) is 0 Å². The third kappa shape index (κ3) is 3.46. The Labute approximate surface area is 165 Å². The minimum atomic E-state index is -0.489. The summed E-state index contributed by atoms with van der Waals surface area (Å²) in [7, 11) is 1.52. The van der Waals surface area contributed by atoms with E-state index in [2.05, 4.69) is 15.5 Å². The van der Waals surface area contributed by atoms with Gasteiger partial charge in [0.2, 0.25) is 11.8 Å². The Hall–Kier alpha value is -3.26. The topological polar surface area (TPSA) is 100 Å². The van der Waals surface area contributed by atoms with E-state index in [1.165, 1.54) is 7.11 Å². The monoisotopic (exact) mass is 400 g/mol. The maximum absolute atomic E-state index is 12.6. The van der Waals surface area contributed by atoms with E-state index in [9.17, 15) is 9.59 Å². The molecule has 1 saturated heterocycles. The fourth-order valence-corrected chi connectivity index (χ4v) is 3.38. The summed E-state index contributed by atoms with van der Waals surface area (Å²) in [6.07, 6.45) is 1.67. The molecule has 1 aliphatic rings. The Bertz CT molecular complexity index is 1010. The van der Waals surface area contributed by atoms with Crippen LogP contribution in [0.1, 0.15) is 6.42 Å². The molecule has 8 nitrogen and oxygen atoms in total. The van der Waals surface area contributed by atoms with Crippen molar-refractivity contribution in [2.24, 2.45) is 5.92 Å². The van der Waals surface area contributed by atoms with Crippen molar-refractivity contribution in [2.45, 2.75) is 6.42 Å². The van der Waals surface area contributed by atoms with E-state index in [4.69, 9.17) is 20.8 Å². The zero-order valence-corrected chi connectivity index (χ0v) is 15.7. The fourth-order valence-electron chi connectivity index (χ4n) is 3.13. The number of carbonyl (C=O) groups excluding carboxylic acids is 2. The second-order valence-corrected chi connectivity index (χ2v) is 6.76. The van der Waals surface area contributed by atoms with Gasteiger partial charge in [-0.1, -0.05) is 11.6 Å². The van der Waals surface area contributed by atoms with Gasteiger partial charge in [0.15, 0.2) is 11.6 Å². The second-order valence-electron chi connectivity index (χ2n) is 6.36. The van der Waals surface area contributed by atoms with Crippen molar-refractivity contribution >= 4 is 34.9 Å². The number of H-pyrrole nitrogens is 1. The number of nitrogens with one attached hydrogen (secondary N) is 2. The minimum Gasteiger partial charge on any atom is -0.495 e. The predicted molar refractivity (Wildman–Crippen MR) is 103 cm³/mol. The number of aromatic amines is 1. The highest BCUT2D eigenvalue weighted by Gasteiger charge is 2.35. The molecule has 3 heterocycles. The molecular weight excluding hydrogens is 384 g/mol.